The van der Waals surface area contributed by atoms with Crippen molar-refractivity contribution in [2.75, 3.05) is 11.6 Å². The number of hydrogen-bond acceptors (Lipinski definition) is 9. The fourth-order valence-corrected chi connectivity index (χ4v) is 5.67. The van der Waals surface area contributed by atoms with Crippen LogP contribution in [0.15, 0.2) is 46.4 Å². The van der Waals surface area contributed by atoms with E-state index in [0.29, 0.717) is 29.2 Å². The normalized spacial score (nSPS) is 30.4. The Hall–Kier alpha value is -2.50. The number of anilines is 1. The molecule has 11 heteroatoms. The van der Waals surface area contributed by atoms with Crippen LogP contribution in [0.3, 0.4) is 0 Å². The fraction of sp³-hybridized carbons (Fsp3) is 0.545. The molecule has 3 unspecified atom stereocenters. The summed E-state index contributed by atoms with van der Waals surface area (Å²) in [5, 5.41) is 18.6. The molecule has 0 bridgehead atoms. The number of hydrogen-bond donors (Lipinski definition) is 3. The van der Waals surface area contributed by atoms with E-state index in [9.17, 15) is 0 Å². The third-order valence-electron chi connectivity index (χ3n) is 6.85. The monoisotopic (exact) mass is 471 g/mol. The Bertz CT molecular complexity index is 1070. The van der Waals surface area contributed by atoms with E-state index in [-0.39, 0.29) is 5.92 Å². The molecule has 0 radical (unpaired) electrons. The third-order valence-corrected chi connectivity index (χ3v) is 7.47. The largest absolute Gasteiger partial charge is 0.330 e. The number of aromatic nitrogens is 4. The highest BCUT2D eigenvalue weighted by Gasteiger charge is 2.48. The zero-order valence-electron chi connectivity index (χ0n) is 19.1. The molecular weight excluding hydrogens is 441 g/mol. The van der Waals surface area contributed by atoms with Crippen LogP contribution >= 0.6 is 11.8 Å². The Morgan fingerprint density at radius 3 is 2.70 bits per heavy atom. The number of guanidine groups is 1. The lowest BCUT2D eigenvalue weighted by Crippen LogP contribution is -2.58. The Labute approximate surface area is 197 Å². The molecule has 1 aromatic heterocycles. The minimum atomic E-state index is -1.38. The van der Waals surface area contributed by atoms with Gasteiger partial charge in [-0.05, 0) is 74.4 Å². The second kappa shape index (κ2) is 8.69. The van der Waals surface area contributed by atoms with Gasteiger partial charge in [0.05, 0.1) is 5.69 Å². The maximum atomic E-state index is 15.1. The van der Waals surface area contributed by atoms with Gasteiger partial charge in [0.1, 0.15) is 0 Å². The summed E-state index contributed by atoms with van der Waals surface area (Å²) < 4.78 is 16.7. The number of benzene rings is 1. The van der Waals surface area contributed by atoms with E-state index in [2.05, 4.69) is 49.9 Å². The molecule has 2 fully saturated rings. The van der Waals surface area contributed by atoms with Crippen LogP contribution in [0, 0.1) is 5.92 Å². The summed E-state index contributed by atoms with van der Waals surface area (Å²) in [4.78, 5) is 7.24. The summed E-state index contributed by atoms with van der Waals surface area (Å²) in [6, 6.07) is 9.03. The van der Waals surface area contributed by atoms with Gasteiger partial charge in [-0.15, -0.1) is 5.10 Å². The zero-order chi connectivity index (χ0) is 23.2. The van der Waals surface area contributed by atoms with Gasteiger partial charge in [-0.3, -0.25) is 4.90 Å². The Kier molecular flexibility index (Phi) is 5.87. The van der Waals surface area contributed by atoms with Crippen LogP contribution in [0.1, 0.15) is 39.5 Å². The Morgan fingerprint density at radius 2 is 2.00 bits per heavy atom. The number of likely N-dealkylation sites (tertiary alicyclic amines) is 1. The summed E-state index contributed by atoms with van der Waals surface area (Å²) in [5.41, 5.74) is 6.86. The first-order valence-corrected chi connectivity index (χ1v) is 12.6. The van der Waals surface area contributed by atoms with E-state index < -0.39 is 11.5 Å². The van der Waals surface area contributed by atoms with Crippen LogP contribution in [0.4, 0.5) is 10.1 Å². The van der Waals surface area contributed by atoms with Crippen molar-refractivity contribution in [3.63, 3.8) is 0 Å². The van der Waals surface area contributed by atoms with Gasteiger partial charge in [-0.1, -0.05) is 17.8 Å². The lowest BCUT2D eigenvalue weighted by Gasteiger charge is -2.47. The summed E-state index contributed by atoms with van der Waals surface area (Å²) in [7, 11) is 0. The van der Waals surface area contributed by atoms with Crippen molar-refractivity contribution in [1.82, 2.24) is 30.4 Å². The van der Waals surface area contributed by atoms with Crippen molar-refractivity contribution in [2.24, 2.45) is 16.6 Å². The molecular formula is C22H30FN9S. The number of aliphatic imine (C=N–C) groups is 1. The summed E-state index contributed by atoms with van der Waals surface area (Å²) in [5.74, 6) is -0.0866. The summed E-state index contributed by atoms with van der Waals surface area (Å²) in [6.45, 7) is 4.45. The number of nitrogens with two attached hydrogens (primary N) is 1. The van der Waals surface area contributed by atoms with Gasteiger partial charge in [0.15, 0.2) is 11.5 Å². The second-order valence-corrected chi connectivity index (χ2v) is 9.99. The van der Waals surface area contributed by atoms with Crippen molar-refractivity contribution in [3.05, 3.63) is 36.3 Å². The van der Waals surface area contributed by atoms with Crippen LogP contribution in [-0.2, 0) is 0 Å². The lowest BCUT2D eigenvalue weighted by atomic mass is 9.78. The molecule has 176 valence electrons. The topological polar surface area (TPSA) is 109 Å². The molecule has 0 spiro atoms. The maximum Gasteiger partial charge on any atom is 0.213 e. The molecule has 9 nitrogen and oxygen atoms in total. The number of piperidine rings is 1. The Balaban J connectivity index is 1.36. The van der Waals surface area contributed by atoms with Gasteiger partial charge < -0.3 is 16.4 Å². The van der Waals surface area contributed by atoms with Gasteiger partial charge in [-0.2, -0.15) is 4.68 Å². The molecule has 3 heterocycles. The van der Waals surface area contributed by atoms with Crippen LogP contribution in [-0.4, -0.2) is 61.1 Å². The van der Waals surface area contributed by atoms with Crippen LogP contribution < -0.4 is 16.4 Å². The lowest BCUT2D eigenvalue weighted by molar-refractivity contribution is 0.0373. The molecule has 4 N–H and O–H groups in total. The molecule has 2 aliphatic heterocycles. The van der Waals surface area contributed by atoms with Crippen LogP contribution in [0.25, 0.3) is 5.69 Å². The molecule has 0 amide bonds. The zero-order valence-corrected chi connectivity index (χ0v) is 19.9. The SMILES string of the molecule is CSc1nnnn1-c1cccc(NC2=NC(N)(C3CC(C)N(C4CC4)C(C)C3)C(F)=CN2)c1. The van der Waals surface area contributed by atoms with Crippen molar-refractivity contribution in [3.8, 4) is 5.69 Å². The van der Waals surface area contributed by atoms with Gasteiger partial charge >= 0.3 is 0 Å². The number of thioether (sulfide) groups is 1. The Morgan fingerprint density at radius 1 is 1.24 bits per heavy atom. The van der Waals surface area contributed by atoms with E-state index in [1.54, 1.807) is 4.68 Å². The van der Waals surface area contributed by atoms with E-state index in [1.165, 1.54) is 30.8 Å². The highest BCUT2D eigenvalue weighted by molar-refractivity contribution is 7.98. The van der Waals surface area contributed by atoms with E-state index in [4.69, 9.17) is 5.73 Å². The first kappa shape index (κ1) is 22.3. The number of halogens is 1. The number of nitrogens with one attached hydrogen (secondary N) is 2. The van der Waals surface area contributed by atoms with E-state index in [1.807, 2.05) is 30.5 Å². The molecule has 2 aromatic rings. The molecule has 1 saturated carbocycles. The second-order valence-electron chi connectivity index (χ2n) is 9.22. The number of nitrogens with zero attached hydrogens (tertiary/aromatic N) is 6. The first-order chi connectivity index (χ1) is 15.9. The van der Waals surface area contributed by atoms with Gasteiger partial charge in [0.2, 0.25) is 11.1 Å². The summed E-state index contributed by atoms with van der Waals surface area (Å²) >= 11 is 1.46. The predicted molar refractivity (Wildman–Crippen MR) is 128 cm³/mol. The van der Waals surface area contributed by atoms with Crippen molar-refractivity contribution >= 4 is 23.4 Å². The third kappa shape index (κ3) is 4.24. The van der Waals surface area contributed by atoms with Crippen molar-refractivity contribution < 1.29 is 4.39 Å². The van der Waals surface area contributed by atoms with Crippen molar-refractivity contribution in [2.45, 2.75) is 68.5 Å². The van der Waals surface area contributed by atoms with Crippen LogP contribution in [0.5, 0.6) is 0 Å². The van der Waals surface area contributed by atoms with E-state index >= 15 is 4.39 Å². The van der Waals surface area contributed by atoms with Crippen molar-refractivity contribution in [1.29, 1.82) is 0 Å². The quantitative estimate of drug-likeness (QED) is 0.571. The molecule has 33 heavy (non-hydrogen) atoms. The van der Waals surface area contributed by atoms with Gasteiger partial charge in [0, 0.05) is 35.9 Å². The molecule has 3 aliphatic rings. The van der Waals surface area contributed by atoms with E-state index in [0.717, 1.165) is 24.2 Å². The molecule has 1 aliphatic carbocycles. The number of tetrazole rings is 1. The standard InChI is InChI=1S/C22H30FN9S/c1-13-9-15(10-14(2)31(13)17-7-8-17)22(24)19(23)12-25-20(27-22)26-16-5-4-6-18(11-16)32-21(33-3)28-29-30-32/h4-6,11-15,17H,7-10,24H2,1-3H3,(H2,25,26,27). The summed E-state index contributed by atoms with van der Waals surface area (Å²) in [6.07, 6.45) is 7.42. The molecule has 5 rings (SSSR count). The maximum absolute atomic E-state index is 15.1. The predicted octanol–water partition coefficient (Wildman–Crippen LogP) is 2.87. The van der Waals surface area contributed by atoms with Gasteiger partial charge in [0.25, 0.3) is 0 Å². The number of rotatable bonds is 5. The van der Waals surface area contributed by atoms with Crippen LogP contribution in [0.2, 0.25) is 0 Å². The minimum Gasteiger partial charge on any atom is -0.330 e. The highest BCUT2D eigenvalue weighted by Crippen LogP contribution is 2.43. The van der Waals surface area contributed by atoms with Gasteiger partial charge in [-0.25, -0.2) is 9.38 Å². The molecule has 3 atom stereocenters. The average Bonchev–Trinajstić information content (AvgIpc) is 3.50. The smallest absolute Gasteiger partial charge is 0.213 e. The molecule has 1 aromatic carbocycles. The minimum absolute atomic E-state index is 0.0793. The molecule has 1 saturated heterocycles. The first-order valence-electron chi connectivity index (χ1n) is 11.4. The fourth-order valence-electron chi connectivity index (χ4n) is 5.24. The highest BCUT2D eigenvalue weighted by atomic mass is 32.2. The average molecular weight is 472 g/mol.